The van der Waals surface area contributed by atoms with E-state index in [1.807, 2.05) is 0 Å². The number of aromatic nitrogens is 5. The molecule has 2 N–H and O–H groups in total. The molecule has 0 bridgehead atoms. The highest BCUT2D eigenvalue weighted by Crippen LogP contribution is 2.23. The molecule has 11 heteroatoms. The van der Waals surface area contributed by atoms with Crippen molar-refractivity contribution in [2.75, 3.05) is 11.9 Å². The van der Waals surface area contributed by atoms with E-state index in [2.05, 4.69) is 20.4 Å². The predicted octanol–water partition coefficient (Wildman–Crippen LogP) is 3.58. The number of benzene rings is 1. The van der Waals surface area contributed by atoms with Crippen molar-refractivity contribution in [1.29, 1.82) is 0 Å². The maximum absolute atomic E-state index is 13.8. The number of aliphatic hydroxyl groups is 1. The molecule has 166 valence electrons. The second-order valence-corrected chi connectivity index (χ2v) is 7.17. The van der Waals surface area contributed by atoms with E-state index in [1.54, 1.807) is 54.6 Å². The van der Waals surface area contributed by atoms with E-state index in [0.717, 1.165) is 0 Å². The number of aryl methyl sites for hydroxylation is 1. The number of aliphatic hydroxyl groups excluding tert-OH is 1. The first-order valence-electron chi connectivity index (χ1n) is 9.32. The number of hydrogen-bond donors (Lipinski definition) is 2. The van der Waals surface area contributed by atoms with E-state index in [1.165, 1.54) is 22.8 Å². The maximum atomic E-state index is 13.8. The standard InChI is InChI=1S/C21H18ClFN6O2.ClH/c1-28-19(5-8-25-28)27-21-24-7-4-17(26-21)13-6-9-29(20(31)11-13)18(12-30)14-2-3-15(22)16(23)10-14;/h2-11,18,30H,12H2,1H3,(H,24,26,27);1H/t18-;/m1./s1. The third kappa shape index (κ3) is 4.80. The van der Waals surface area contributed by atoms with Crippen LogP contribution in [-0.4, -0.2) is 36.0 Å². The summed E-state index contributed by atoms with van der Waals surface area (Å²) in [6.07, 6.45) is 4.77. The fourth-order valence-corrected chi connectivity index (χ4v) is 3.29. The van der Waals surface area contributed by atoms with Gasteiger partial charge in [0.05, 0.1) is 29.6 Å². The summed E-state index contributed by atoms with van der Waals surface area (Å²) >= 11 is 5.73. The van der Waals surface area contributed by atoms with Crippen molar-refractivity contribution < 1.29 is 9.50 Å². The summed E-state index contributed by atoms with van der Waals surface area (Å²) in [7, 11) is 1.79. The largest absolute Gasteiger partial charge is 0.394 e. The molecule has 0 radical (unpaired) electrons. The van der Waals surface area contributed by atoms with Gasteiger partial charge in [0.2, 0.25) is 5.95 Å². The Bertz CT molecular complexity index is 1290. The molecule has 0 fully saturated rings. The second-order valence-electron chi connectivity index (χ2n) is 6.76. The molecule has 8 nitrogen and oxygen atoms in total. The van der Waals surface area contributed by atoms with Crippen molar-refractivity contribution in [1.82, 2.24) is 24.3 Å². The molecule has 4 rings (SSSR count). The zero-order valence-corrected chi connectivity index (χ0v) is 18.4. The summed E-state index contributed by atoms with van der Waals surface area (Å²) in [5, 5.41) is 16.9. The number of hydrogen-bond acceptors (Lipinski definition) is 6. The van der Waals surface area contributed by atoms with Crippen LogP contribution in [0.25, 0.3) is 11.3 Å². The third-order valence-electron chi connectivity index (χ3n) is 4.80. The Balaban J connectivity index is 0.00000289. The smallest absolute Gasteiger partial charge is 0.251 e. The van der Waals surface area contributed by atoms with Crippen molar-refractivity contribution >= 4 is 35.8 Å². The van der Waals surface area contributed by atoms with Gasteiger partial charge in [-0.05, 0) is 29.8 Å². The molecule has 0 aliphatic carbocycles. The van der Waals surface area contributed by atoms with Crippen LogP contribution in [0.5, 0.6) is 0 Å². The molecule has 0 amide bonds. The predicted molar refractivity (Wildman–Crippen MR) is 122 cm³/mol. The van der Waals surface area contributed by atoms with Gasteiger partial charge in [0.25, 0.3) is 5.56 Å². The quantitative estimate of drug-likeness (QED) is 0.441. The number of nitrogens with zero attached hydrogens (tertiary/aromatic N) is 5. The molecule has 32 heavy (non-hydrogen) atoms. The van der Waals surface area contributed by atoms with Crippen molar-refractivity contribution in [2.45, 2.75) is 6.04 Å². The van der Waals surface area contributed by atoms with Gasteiger partial charge in [-0.1, -0.05) is 17.7 Å². The Labute approximate surface area is 193 Å². The van der Waals surface area contributed by atoms with Gasteiger partial charge in [-0.2, -0.15) is 5.10 Å². The first kappa shape index (κ1) is 23.4. The Morgan fingerprint density at radius 3 is 2.66 bits per heavy atom. The van der Waals surface area contributed by atoms with E-state index in [9.17, 15) is 14.3 Å². The van der Waals surface area contributed by atoms with Crippen molar-refractivity contribution in [2.24, 2.45) is 7.05 Å². The van der Waals surface area contributed by atoms with Crippen LogP contribution >= 0.6 is 24.0 Å². The van der Waals surface area contributed by atoms with Gasteiger partial charge in [0, 0.05) is 37.1 Å². The van der Waals surface area contributed by atoms with Gasteiger partial charge in [0.1, 0.15) is 11.6 Å². The molecule has 0 aliphatic rings. The number of pyridine rings is 1. The average Bonchev–Trinajstić information content (AvgIpc) is 3.16. The van der Waals surface area contributed by atoms with Gasteiger partial charge in [0.15, 0.2) is 0 Å². The van der Waals surface area contributed by atoms with E-state index in [-0.39, 0.29) is 29.6 Å². The summed E-state index contributed by atoms with van der Waals surface area (Å²) in [5.41, 5.74) is 1.19. The van der Waals surface area contributed by atoms with Crippen molar-refractivity contribution in [3.8, 4) is 11.3 Å². The Kier molecular flexibility index (Phi) is 7.24. The zero-order valence-electron chi connectivity index (χ0n) is 16.8. The van der Waals surface area contributed by atoms with E-state index < -0.39 is 11.9 Å². The lowest BCUT2D eigenvalue weighted by molar-refractivity contribution is 0.247. The summed E-state index contributed by atoms with van der Waals surface area (Å²) in [6, 6.07) is 10.0. The lowest BCUT2D eigenvalue weighted by Gasteiger charge is -2.18. The molecule has 0 spiro atoms. The normalized spacial score (nSPS) is 11.6. The molecule has 3 heterocycles. The monoisotopic (exact) mass is 476 g/mol. The molecule has 0 aliphatic heterocycles. The lowest BCUT2D eigenvalue weighted by Crippen LogP contribution is -2.27. The highest BCUT2D eigenvalue weighted by Gasteiger charge is 2.16. The van der Waals surface area contributed by atoms with Crippen LogP contribution in [0.4, 0.5) is 16.2 Å². The van der Waals surface area contributed by atoms with Gasteiger partial charge >= 0.3 is 0 Å². The maximum Gasteiger partial charge on any atom is 0.251 e. The van der Waals surface area contributed by atoms with E-state index >= 15 is 0 Å². The number of halogens is 3. The summed E-state index contributed by atoms with van der Waals surface area (Å²) in [4.78, 5) is 21.4. The minimum atomic E-state index is -0.749. The summed E-state index contributed by atoms with van der Waals surface area (Å²) < 4.78 is 16.8. The molecule has 3 aromatic heterocycles. The van der Waals surface area contributed by atoms with E-state index in [0.29, 0.717) is 28.6 Å². The molecule has 0 unspecified atom stereocenters. The van der Waals surface area contributed by atoms with Gasteiger partial charge in [-0.25, -0.2) is 14.4 Å². The number of nitrogens with one attached hydrogen (secondary N) is 1. The Morgan fingerprint density at radius 2 is 2.00 bits per heavy atom. The lowest BCUT2D eigenvalue weighted by atomic mass is 10.1. The Morgan fingerprint density at radius 1 is 1.19 bits per heavy atom. The fourth-order valence-electron chi connectivity index (χ4n) is 3.17. The highest BCUT2D eigenvalue weighted by molar-refractivity contribution is 6.30. The molecule has 4 aromatic rings. The van der Waals surface area contributed by atoms with Crippen LogP contribution in [0.2, 0.25) is 5.02 Å². The van der Waals surface area contributed by atoms with Gasteiger partial charge < -0.3 is 15.0 Å². The topological polar surface area (TPSA) is 97.9 Å². The summed E-state index contributed by atoms with van der Waals surface area (Å²) in [6.45, 7) is -0.382. The molecule has 0 saturated heterocycles. The highest BCUT2D eigenvalue weighted by atomic mass is 35.5. The average molecular weight is 477 g/mol. The van der Waals surface area contributed by atoms with Gasteiger partial charge in [-0.3, -0.25) is 9.48 Å². The van der Waals surface area contributed by atoms with Crippen LogP contribution in [0.15, 0.2) is 65.8 Å². The van der Waals surface area contributed by atoms with Gasteiger partial charge in [-0.15, -0.1) is 12.4 Å². The van der Waals surface area contributed by atoms with Crippen LogP contribution in [0.1, 0.15) is 11.6 Å². The first-order chi connectivity index (χ1) is 15.0. The third-order valence-corrected chi connectivity index (χ3v) is 5.10. The van der Waals surface area contributed by atoms with Crippen molar-refractivity contribution in [3.05, 3.63) is 87.8 Å². The Hall–Kier alpha value is -3.27. The van der Waals surface area contributed by atoms with Crippen LogP contribution in [-0.2, 0) is 7.05 Å². The van der Waals surface area contributed by atoms with Crippen LogP contribution in [0, 0.1) is 5.82 Å². The minimum absolute atomic E-state index is 0. The minimum Gasteiger partial charge on any atom is -0.394 e. The first-order valence-corrected chi connectivity index (χ1v) is 9.70. The number of rotatable bonds is 6. The van der Waals surface area contributed by atoms with Crippen LogP contribution in [0.3, 0.4) is 0 Å². The molecular formula is C21H19Cl2FN6O2. The number of anilines is 2. The fraction of sp³-hybridized carbons (Fsp3) is 0.143. The molecular weight excluding hydrogens is 458 g/mol. The zero-order chi connectivity index (χ0) is 22.0. The second kappa shape index (κ2) is 9.90. The summed E-state index contributed by atoms with van der Waals surface area (Å²) in [5.74, 6) is 0.459. The van der Waals surface area contributed by atoms with Crippen molar-refractivity contribution in [3.63, 3.8) is 0 Å². The molecule has 0 saturated carbocycles. The molecule has 1 aromatic carbocycles. The van der Waals surface area contributed by atoms with Crippen LogP contribution < -0.4 is 10.9 Å². The SMILES string of the molecule is Cl.Cn1nccc1Nc1nccc(-c2ccn([C@H](CO)c3ccc(Cl)c(F)c3)c(=O)c2)n1. The van der Waals surface area contributed by atoms with E-state index in [4.69, 9.17) is 11.6 Å². The molecule has 1 atom stereocenters.